The van der Waals surface area contributed by atoms with Crippen LogP contribution in [0.15, 0.2) is 0 Å². The molecule has 1 aliphatic rings. The molecule has 1 fully saturated rings. The zero-order valence-corrected chi connectivity index (χ0v) is 20.3. The lowest BCUT2D eigenvalue weighted by Crippen LogP contribution is -2.42. The Kier molecular flexibility index (Phi) is 19.0. The highest BCUT2D eigenvalue weighted by Gasteiger charge is 2.40. The van der Waals surface area contributed by atoms with E-state index in [-0.39, 0.29) is 13.2 Å². The molecule has 0 spiro atoms. The third kappa shape index (κ3) is 14.5. The van der Waals surface area contributed by atoms with E-state index < -0.39 is 24.4 Å². The smallest absolute Gasteiger partial charge is 0.114 e. The first-order valence-electron chi connectivity index (χ1n) is 13.4. The van der Waals surface area contributed by atoms with Crippen molar-refractivity contribution in [1.29, 1.82) is 0 Å². The molecular weight excluding hydrogens is 392 g/mol. The summed E-state index contributed by atoms with van der Waals surface area (Å²) in [5, 5.41) is 28.7. The van der Waals surface area contributed by atoms with E-state index in [0.717, 1.165) is 12.8 Å². The van der Waals surface area contributed by atoms with Crippen LogP contribution in [0.25, 0.3) is 0 Å². The highest BCUT2D eigenvalue weighted by Crippen LogP contribution is 2.21. The molecular formula is C26H52O5. The second-order valence-corrected chi connectivity index (χ2v) is 9.46. The van der Waals surface area contributed by atoms with E-state index >= 15 is 0 Å². The molecule has 0 aromatic heterocycles. The number of hydrogen-bond acceptors (Lipinski definition) is 5. The normalized spacial score (nSPS) is 22.3. The standard InChI is InChI=1S/C26H52O5/c1-2-3-4-5-6-7-8-9-10-11-12-13-14-15-16-17-18-19-20-30-26-24(29)22-31-25(26)23(28)21-27/h23-29H,2-22H2,1H3/t23-,24+,25-,26-/m1/s1. The second-order valence-electron chi connectivity index (χ2n) is 9.46. The fraction of sp³-hybridized carbons (Fsp3) is 1.00. The van der Waals surface area contributed by atoms with Crippen molar-refractivity contribution in [2.45, 2.75) is 147 Å². The molecule has 5 nitrogen and oxygen atoms in total. The molecule has 0 amide bonds. The molecule has 186 valence electrons. The minimum Gasteiger partial charge on any atom is -0.394 e. The Morgan fingerprint density at radius 3 is 1.58 bits per heavy atom. The van der Waals surface area contributed by atoms with Crippen LogP contribution in [-0.2, 0) is 9.47 Å². The fourth-order valence-corrected chi connectivity index (χ4v) is 4.48. The summed E-state index contributed by atoms with van der Waals surface area (Å²) in [5.74, 6) is 0. The summed E-state index contributed by atoms with van der Waals surface area (Å²) in [5.41, 5.74) is 0. The van der Waals surface area contributed by atoms with E-state index in [1.165, 1.54) is 103 Å². The number of rotatable bonds is 22. The van der Waals surface area contributed by atoms with Gasteiger partial charge in [-0.1, -0.05) is 116 Å². The molecule has 0 aliphatic carbocycles. The second kappa shape index (κ2) is 20.4. The number of ether oxygens (including phenoxy) is 2. The lowest BCUT2D eigenvalue weighted by molar-refractivity contribution is -0.0938. The van der Waals surface area contributed by atoms with Crippen LogP contribution < -0.4 is 0 Å². The Bertz CT molecular complexity index is 379. The van der Waals surface area contributed by atoms with Crippen molar-refractivity contribution < 1.29 is 24.8 Å². The zero-order valence-electron chi connectivity index (χ0n) is 20.3. The van der Waals surface area contributed by atoms with Gasteiger partial charge in [-0.3, -0.25) is 0 Å². The number of hydrogen-bond donors (Lipinski definition) is 3. The van der Waals surface area contributed by atoms with Gasteiger partial charge < -0.3 is 24.8 Å². The lowest BCUT2D eigenvalue weighted by atomic mass is 10.0. The van der Waals surface area contributed by atoms with Gasteiger partial charge in [0.15, 0.2) is 0 Å². The van der Waals surface area contributed by atoms with Crippen LogP contribution in [0.2, 0.25) is 0 Å². The van der Waals surface area contributed by atoms with E-state index in [9.17, 15) is 10.2 Å². The Morgan fingerprint density at radius 1 is 0.742 bits per heavy atom. The molecule has 1 rings (SSSR count). The summed E-state index contributed by atoms with van der Waals surface area (Å²) in [6.07, 6.45) is 21.4. The van der Waals surface area contributed by atoms with Gasteiger partial charge in [0.25, 0.3) is 0 Å². The average Bonchev–Trinajstić information content (AvgIpc) is 3.15. The maximum absolute atomic E-state index is 9.91. The van der Waals surface area contributed by atoms with Crippen LogP contribution in [-0.4, -0.2) is 59.6 Å². The van der Waals surface area contributed by atoms with Crippen molar-refractivity contribution in [3.63, 3.8) is 0 Å². The van der Waals surface area contributed by atoms with E-state index in [4.69, 9.17) is 14.6 Å². The third-order valence-electron chi connectivity index (χ3n) is 6.54. The average molecular weight is 445 g/mol. The van der Waals surface area contributed by atoms with Crippen molar-refractivity contribution in [1.82, 2.24) is 0 Å². The molecule has 5 heteroatoms. The maximum Gasteiger partial charge on any atom is 0.114 e. The van der Waals surface area contributed by atoms with Gasteiger partial charge in [0, 0.05) is 6.61 Å². The van der Waals surface area contributed by atoms with Crippen molar-refractivity contribution in [2.75, 3.05) is 19.8 Å². The van der Waals surface area contributed by atoms with E-state index in [1.54, 1.807) is 0 Å². The highest BCUT2D eigenvalue weighted by molar-refractivity contribution is 4.89. The van der Waals surface area contributed by atoms with Crippen LogP contribution in [0.5, 0.6) is 0 Å². The molecule has 0 aromatic rings. The van der Waals surface area contributed by atoms with Gasteiger partial charge in [-0.25, -0.2) is 0 Å². The Morgan fingerprint density at radius 2 is 1.16 bits per heavy atom. The van der Waals surface area contributed by atoms with Gasteiger partial charge in [0.2, 0.25) is 0 Å². The van der Waals surface area contributed by atoms with Gasteiger partial charge in [0.1, 0.15) is 24.4 Å². The van der Waals surface area contributed by atoms with Crippen LogP contribution in [0.1, 0.15) is 122 Å². The predicted molar refractivity (Wildman–Crippen MR) is 127 cm³/mol. The first-order valence-corrected chi connectivity index (χ1v) is 13.4. The third-order valence-corrected chi connectivity index (χ3v) is 6.54. The summed E-state index contributed by atoms with van der Waals surface area (Å²) >= 11 is 0. The molecule has 31 heavy (non-hydrogen) atoms. The lowest BCUT2D eigenvalue weighted by Gasteiger charge is -2.23. The van der Waals surface area contributed by atoms with Crippen LogP contribution in [0.4, 0.5) is 0 Å². The fourth-order valence-electron chi connectivity index (χ4n) is 4.48. The first kappa shape index (κ1) is 28.8. The van der Waals surface area contributed by atoms with Crippen molar-refractivity contribution in [3.8, 4) is 0 Å². The van der Waals surface area contributed by atoms with Gasteiger partial charge in [0.05, 0.1) is 13.2 Å². The summed E-state index contributed by atoms with van der Waals surface area (Å²) in [4.78, 5) is 0. The topological polar surface area (TPSA) is 79.2 Å². The predicted octanol–water partition coefficient (Wildman–Crippen LogP) is 5.53. The summed E-state index contributed by atoms with van der Waals surface area (Å²) in [6, 6.07) is 0. The SMILES string of the molecule is CCCCCCCCCCCCCCCCCCCCO[C@H]1[C@@H]([C@H](O)CO)OC[C@@H]1O. The van der Waals surface area contributed by atoms with E-state index in [1.807, 2.05) is 0 Å². The van der Waals surface area contributed by atoms with Gasteiger partial charge in [-0.05, 0) is 6.42 Å². The minimum absolute atomic E-state index is 0.158. The summed E-state index contributed by atoms with van der Waals surface area (Å²) in [7, 11) is 0. The van der Waals surface area contributed by atoms with Crippen molar-refractivity contribution >= 4 is 0 Å². The Labute approximate surface area is 191 Å². The quantitative estimate of drug-likeness (QED) is 0.191. The molecule has 1 saturated heterocycles. The molecule has 4 atom stereocenters. The van der Waals surface area contributed by atoms with Crippen LogP contribution >= 0.6 is 0 Å². The minimum atomic E-state index is -0.998. The van der Waals surface area contributed by atoms with E-state index in [0.29, 0.717) is 6.61 Å². The molecule has 3 N–H and O–H groups in total. The highest BCUT2D eigenvalue weighted by atomic mass is 16.6. The van der Waals surface area contributed by atoms with Crippen LogP contribution in [0.3, 0.4) is 0 Å². The Hall–Kier alpha value is -0.200. The molecule has 0 radical (unpaired) electrons. The molecule has 0 unspecified atom stereocenters. The van der Waals surface area contributed by atoms with Gasteiger partial charge >= 0.3 is 0 Å². The van der Waals surface area contributed by atoms with Crippen molar-refractivity contribution in [2.24, 2.45) is 0 Å². The van der Waals surface area contributed by atoms with Crippen LogP contribution in [0, 0.1) is 0 Å². The van der Waals surface area contributed by atoms with Gasteiger partial charge in [-0.2, -0.15) is 0 Å². The first-order chi connectivity index (χ1) is 15.2. The molecule has 1 heterocycles. The maximum atomic E-state index is 9.91. The molecule has 0 bridgehead atoms. The number of aliphatic hydroxyl groups is 3. The van der Waals surface area contributed by atoms with E-state index in [2.05, 4.69) is 6.92 Å². The monoisotopic (exact) mass is 444 g/mol. The molecule has 0 saturated carbocycles. The van der Waals surface area contributed by atoms with Gasteiger partial charge in [-0.15, -0.1) is 0 Å². The van der Waals surface area contributed by atoms with Crippen molar-refractivity contribution in [3.05, 3.63) is 0 Å². The number of unbranched alkanes of at least 4 members (excludes halogenated alkanes) is 17. The zero-order chi connectivity index (χ0) is 22.6. The Balaban J connectivity index is 1.79. The number of aliphatic hydroxyl groups excluding tert-OH is 3. The summed E-state index contributed by atoms with van der Waals surface area (Å²) in [6.45, 7) is 2.63. The molecule has 1 aliphatic heterocycles. The largest absolute Gasteiger partial charge is 0.394 e. The molecule has 0 aromatic carbocycles. The summed E-state index contributed by atoms with van der Waals surface area (Å²) < 4.78 is 11.1.